The summed E-state index contributed by atoms with van der Waals surface area (Å²) >= 11 is 0. The fraction of sp³-hybridized carbons (Fsp3) is 0.250. The maximum absolute atomic E-state index is 4.10. The molecular formula is C24H24Cl2Hf-2. The molecule has 0 aromatic heterocycles. The zero-order valence-electron chi connectivity index (χ0n) is 15.6. The second-order valence-electron chi connectivity index (χ2n) is 6.93. The van der Waals surface area contributed by atoms with E-state index >= 15 is 0 Å². The van der Waals surface area contributed by atoms with Crippen molar-refractivity contribution in [2.24, 2.45) is 5.41 Å². The van der Waals surface area contributed by atoms with Crippen LogP contribution >= 0.6 is 0 Å². The van der Waals surface area contributed by atoms with E-state index in [1.165, 1.54) is 22.3 Å². The summed E-state index contributed by atoms with van der Waals surface area (Å²) in [5.41, 5.74) is 7.46. The molecule has 2 aliphatic carbocycles. The molecule has 1 atom stereocenters. The van der Waals surface area contributed by atoms with Gasteiger partial charge in [-0.2, -0.15) is 0 Å². The molecule has 0 fully saturated rings. The number of benzene rings is 2. The Labute approximate surface area is 194 Å². The van der Waals surface area contributed by atoms with Gasteiger partial charge in [-0.1, -0.05) is 85.3 Å². The number of halogens is 2. The minimum Gasteiger partial charge on any atom is -1.00 e. The number of rotatable bonds is 5. The maximum Gasteiger partial charge on any atom is 0.0198 e. The molecule has 0 spiro atoms. The van der Waals surface area contributed by atoms with Crippen LogP contribution in [0, 0.1) is 5.41 Å². The van der Waals surface area contributed by atoms with Crippen LogP contribution in [0.15, 0.2) is 85.0 Å². The zero-order chi connectivity index (χ0) is 16.6. The molecule has 140 valence electrons. The number of hydrogen-bond acceptors (Lipinski definition) is 0. The first-order chi connectivity index (χ1) is 11.8. The molecule has 0 heterocycles. The Balaban J connectivity index is 0.00000121. The summed E-state index contributed by atoms with van der Waals surface area (Å²) in [5, 5.41) is 0. The summed E-state index contributed by atoms with van der Waals surface area (Å²) in [7, 11) is 0. The monoisotopic (exact) mass is 562 g/mol. The Morgan fingerprint density at radius 1 is 1.00 bits per heavy atom. The van der Waals surface area contributed by atoms with Crippen LogP contribution in [0.5, 0.6) is 0 Å². The second kappa shape index (κ2) is 10.1. The quantitative estimate of drug-likeness (QED) is 0.372. The summed E-state index contributed by atoms with van der Waals surface area (Å²) in [6.45, 7) is 6.44. The average molecular weight is 562 g/mol. The van der Waals surface area contributed by atoms with Gasteiger partial charge in [-0.05, 0) is 41.5 Å². The van der Waals surface area contributed by atoms with Gasteiger partial charge in [0.1, 0.15) is 0 Å². The maximum atomic E-state index is 4.10. The van der Waals surface area contributed by atoms with Gasteiger partial charge in [0.2, 0.25) is 0 Å². The van der Waals surface area contributed by atoms with Crippen molar-refractivity contribution in [3.8, 4) is 11.1 Å². The number of hydrogen-bond donors (Lipinski definition) is 0. The molecule has 2 aromatic carbocycles. The van der Waals surface area contributed by atoms with Crippen LogP contribution in [0.3, 0.4) is 0 Å². The van der Waals surface area contributed by atoms with Gasteiger partial charge in [-0.15, -0.1) is 6.58 Å². The Hall–Kier alpha value is -0.890. The first kappa shape index (κ1) is 24.1. The van der Waals surface area contributed by atoms with Crippen LogP contribution in [0.25, 0.3) is 11.1 Å². The van der Waals surface area contributed by atoms with Crippen molar-refractivity contribution in [3.63, 3.8) is 0 Å². The molecule has 0 N–H and O–H groups in total. The third-order valence-corrected chi connectivity index (χ3v) is 5.94. The third kappa shape index (κ3) is 3.84. The summed E-state index contributed by atoms with van der Waals surface area (Å²) in [6.07, 6.45) is 12.2. The average Bonchev–Trinajstić information content (AvgIpc) is 3.27. The first-order valence-electron chi connectivity index (χ1n) is 8.97. The van der Waals surface area contributed by atoms with E-state index in [1.807, 2.05) is 0 Å². The summed E-state index contributed by atoms with van der Waals surface area (Å²) < 4.78 is 0. The van der Waals surface area contributed by atoms with Gasteiger partial charge < -0.3 is 24.8 Å². The molecule has 0 radical (unpaired) electrons. The van der Waals surface area contributed by atoms with Crippen molar-refractivity contribution in [2.75, 3.05) is 0 Å². The standard InChI is InChI=1S/C24H24.2ClH.Hf/c1-3-17-24(4-2,18-11-5-6-12-18)23-21-15-9-7-13-19(21)20-14-8-10-16-22(20)23;;;/h3,5-11,13-16,23H,1,4,12,17H2,2H3;2*1H;/p-2. The predicted molar refractivity (Wildman–Crippen MR) is 103 cm³/mol. The van der Waals surface area contributed by atoms with Crippen LogP contribution in [-0.2, 0) is 25.8 Å². The topological polar surface area (TPSA) is 0 Å². The fourth-order valence-electron chi connectivity index (χ4n) is 4.83. The number of allylic oxidation sites excluding steroid dienone is 5. The normalized spacial score (nSPS) is 16.0. The molecular weight excluding hydrogens is 538 g/mol. The van der Waals surface area contributed by atoms with Gasteiger partial charge in [-0.25, -0.2) is 0 Å². The van der Waals surface area contributed by atoms with E-state index in [2.05, 4.69) is 86.3 Å². The molecule has 0 aliphatic heterocycles. The van der Waals surface area contributed by atoms with Gasteiger partial charge in [0, 0.05) is 37.2 Å². The van der Waals surface area contributed by atoms with Gasteiger partial charge in [0.05, 0.1) is 0 Å². The minimum absolute atomic E-state index is 0. The van der Waals surface area contributed by atoms with E-state index in [9.17, 15) is 0 Å². The zero-order valence-corrected chi connectivity index (χ0v) is 20.7. The van der Waals surface area contributed by atoms with Crippen LogP contribution in [0.2, 0.25) is 0 Å². The van der Waals surface area contributed by atoms with E-state index in [-0.39, 0.29) is 56.1 Å². The second-order valence-corrected chi connectivity index (χ2v) is 6.93. The minimum atomic E-state index is 0. The van der Waals surface area contributed by atoms with Crippen LogP contribution in [-0.4, -0.2) is 0 Å². The Bertz CT molecular complexity index is 807. The Morgan fingerprint density at radius 2 is 1.56 bits per heavy atom. The van der Waals surface area contributed by atoms with E-state index < -0.39 is 0 Å². The molecule has 0 amide bonds. The molecule has 1 unspecified atom stereocenters. The fourth-order valence-corrected chi connectivity index (χ4v) is 4.83. The first-order valence-corrected chi connectivity index (χ1v) is 8.97. The van der Waals surface area contributed by atoms with Gasteiger partial charge in [0.25, 0.3) is 0 Å². The van der Waals surface area contributed by atoms with Crippen molar-refractivity contribution < 1.29 is 50.7 Å². The van der Waals surface area contributed by atoms with E-state index in [0.29, 0.717) is 5.92 Å². The van der Waals surface area contributed by atoms with Crippen LogP contribution in [0.1, 0.15) is 43.2 Å². The Kier molecular flexibility index (Phi) is 8.99. The molecule has 27 heavy (non-hydrogen) atoms. The van der Waals surface area contributed by atoms with Gasteiger partial charge in [-0.3, -0.25) is 0 Å². The summed E-state index contributed by atoms with van der Waals surface area (Å²) in [5.74, 6) is 0.416. The summed E-state index contributed by atoms with van der Waals surface area (Å²) in [6, 6.07) is 17.9. The van der Waals surface area contributed by atoms with Gasteiger partial charge >= 0.3 is 0 Å². The molecule has 4 rings (SSSR count). The molecule has 0 bridgehead atoms. The molecule has 0 saturated heterocycles. The largest absolute Gasteiger partial charge is 1.00 e. The van der Waals surface area contributed by atoms with Crippen LogP contribution < -0.4 is 24.8 Å². The van der Waals surface area contributed by atoms with Crippen molar-refractivity contribution in [1.82, 2.24) is 0 Å². The van der Waals surface area contributed by atoms with E-state index in [4.69, 9.17) is 0 Å². The molecule has 0 saturated carbocycles. The van der Waals surface area contributed by atoms with E-state index in [1.54, 1.807) is 5.57 Å². The summed E-state index contributed by atoms with van der Waals surface area (Å²) in [4.78, 5) is 0. The molecule has 3 heteroatoms. The van der Waals surface area contributed by atoms with Gasteiger partial charge in [0.15, 0.2) is 0 Å². The van der Waals surface area contributed by atoms with Crippen molar-refractivity contribution in [3.05, 3.63) is 96.1 Å². The smallest absolute Gasteiger partial charge is 0.0198 e. The SMILES string of the molecule is C=CCC(CC)(C1=CC=CC1)C1c2ccccc2-c2ccccc21.[Cl-].[Cl-].[Hf]. The van der Waals surface area contributed by atoms with E-state index in [0.717, 1.165) is 19.3 Å². The molecule has 2 aromatic rings. The molecule has 0 nitrogen and oxygen atoms in total. The van der Waals surface area contributed by atoms with Crippen molar-refractivity contribution in [1.29, 1.82) is 0 Å². The third-order valence-electron chi connectivity index (χ3n) is 5.94. The van der Waals surface area contributed by atoms with Crippen LogP contribution in [0.4, 0.5) is 0 Å². The van der Waals surface area contributed by atoms with Crippen molar-refractivity contribution >= 4 is 0 Å². The predicted octanol–water partition coefficient (Wildman–Crippen LogP) is 0.663. The Morgan fingerprint density at radius 3 is 2.00 bits per heavy atom. The molecule has 2 aliphatic rings. The van der Waals surface area contributed by atoms with Crippen molar-refractivity contribution in [2.45, 2.75) is 32.1 Å². The number of fused-ring (bicyclic) bond motifs is 3.